The summed E-state index contributed by atoms with van der Waals surface area (Å²) >= 11 is 5.95. The van der Waals surface area contributed by atoms with Crippen molar-refractivity contribution in [3.05, 3.63) is 35.1 Å². The highest BCUT2D eigenvalue weighted by atomic mass is 35.5. The molecule has 1 aromatic carbocycles. The highest BCUT2D eigenvalue weighted by molar-refractivity contribution is 7.90. The maximum atomic E-state index is 11.4. The largest absolute Gasteiger partial charge is 0.398 e. The van der Waals surface area contributed by atoms with Crippen LogP contribution < -0.4 is 5.73 Å². The molecule has 18 heavy (non-hydrogen) atoms. The smallest absolute Gasteiger partial charge is 0.178 e. The monoisotopic (exact) mass is 285 g/mol. The minimum absolute atomic E-state index is 0.162. The quantitative estimate of drug-likeness (QED) is 0.854. The van der Waals surface area contributed by atoms with E-state index in [0.717, 1.165) is 11.8 Å². The second-order valence-electron chi connectivity index (χ2n) is 4.05. The van der Waals surface area contributed by atoms with E-state index in [9.17, 15) is 8.42 Å². The molecule has 0 atom stereocenters. The predicted octanol–water partition coefficient (Wildman–Crippen LogP) is 1.82. The van der Waals surface area contributed by atoms with Gasteiger partial charge in [-0.15, -0.1) is 0 Å². The number of nitrogens with zero attached hydrogens (tertiary/aromatic N) is 2. The number of anilines is 1. The average Bonchev–Trinajstić information content (AvgIpc) is 2.72. The molecule has 0 unspecified atom stereocenters. The molecule has 1 aromatic heterocycles. The van der Waals surface area contributed by atoms with Crippen molar-refractivity contribution in [2.45, 2.75) is 11.8 Å². The summed E-state index contributed by atoms with van der Waals surface area (Å²) in [5.74, 6) is 0. The fourth-order valence-corrected chi connectivity index (χ4v) is 2.26. The topological polar surface area (TPSA) is 78.0 Å². The molecular formula is C11H12ClN3O2S. The zero-order valence-corrected chi connectivity index (χ0v) is 11.5. The van der Waals surface area contributed by atoms with Gasteiger partial charge in [0, 0.05) is 12.5 Å². The summed E-state index contributed by atoms with van der Waals surface area (Å²) < 4.78 is 24.2. The number of benzene rings is 1. The van der Waals surface area contributed by atoms with E-state index >= 15 is 0 Å². The average molecular weight is 286 g/mol. The van der Waals surface area contributed by atoms with E-state index in [4.69, 9.17) is 17.3 Å². The molecule has 0 fully saturated rings. The Morgan fingerprint density at radius 2 is 2.06 bits per heavy atom. The van der Waals surface area contributed by atoms with Crippen molar-refractivity contribution < 1.29 is 8.42 Å². The number of nitrogen functional groups attached to an aromatic ring is 1. The van der Waals surface area contributed by atoms with Gasteiger partial charge in [0.25, 0.3) is 0 Å². The Balaban J connectivity index is 2.56. The zero-order chi connectivity index (χ0) is 13.5. The summed E-state index contributed by atoms with van der Waals surface area (Å²) in [5.41, 5.74) is 7.72. The lowest BCUT2D eigenvalue weighted by Gasteiger charge is -2.08. The van der Waals surface area contributed by atoms with Crippen molar-refractivity contribution in [1.29, 1.82) is 0 Å². The van der Waals surface area contributed by atoms with E-state index in [1.807, 2.05) is 6.92 Å². The van der Waals surface area contributed by atoms with Crippen molar-refractivity contribution in [1.82, 2.24) is 9.78 Å². The summed E-state index contributed by atoms with van der Waals surface area (Å²) in [5, 5.41) is 4.43. The minimum Gasteiger partial charge on any atom is -0.398 e. The highest BCUT2D eigenvalue weighted by Crippen LogP contribution is 2.25. The third-order valence-electron chi connectivity index (χ3n) is 2.55. The number of nitrogens with two attached hydrogens (primary N) is 1. The van der Waals surface area contributed by atoms with E-state index in [0.29, 0.717) is 16.4 Å². The maximum Gasteiger partial charge on any atom is 0.178 e. The standard InChI is InChI=1S/C11H12ClN3O2S/c1-7-3-10(13)9(12)4-11(7)15-6-8(5-14-15)18(2,16)17/h3-6H,13H2,1-2H3. The van der Waals surface area contributed by atoms with Gasteiger partial charge in [-0.2, -0.15) is 5.10 Å². The summed E-state index contributed by atoms with van der Waals surface area (Å²) in [7, 11) is -3.26. The van der Waals surface area contributed by atoms with Crippen LogP contribution in [0.1, 0.15) is 5.56 Å². The lowest BCUT2D eigenvalue weighted by atomic mass is 10.2. The molecule has 0 saturated carbocycles. The molecule has 0 bridgehead atoms. The Labute approximate surface area is 110 Å². The van der Waals surface area contributed by atoms with E-state index in [2.05, 4.69) is 5.10 Å². The first-order chi connectivity index (χ1) is 8.29. The molecule has 0 spiro atoms. The Bertz CT molecular complexity index is 707. The fraction of sp³-hybridized carbons (Fsp3) is 0.182. The molecule has 1 heterocycles. The summed E-state index contributed by atoms with van der Waals surface area (Å²) in [6.45, 7) is 1.85. The van der Waals surface area contributed by atoms with Crippen LogP contribution in [0.4, 0.5) is 5.69 Å². The van der Waals surface area contributed by atoms with Crippen molar-refractivity contribution in [2.24, 2.45) is 0 Å². The Hall–Kier alpha value is -1.53. The molecule has 2 rings (SSSR count). The van der Waals surface area contributed by atoms with Crippen molar-refractivity contribution >= 4 is 27.1 Å². The number of hydrogen-bond donors (Lipinski definition) is 1. The van der Waals surface area contributed by atoms with Gasteiger partial charge in [0.15, 0.2) is 9.84 Å². The lowest BCUT2D eigenvalue weighted by Crippen LogP contribution is -2.00. The van der Waals surface area contributed by atoms with E-state index in [1.54, 1.807) is 12.1 Å². The summed E-state index contributed by atoms with van der Waals surface area (Å²) in [6, 6.07) is 3.38. The summed E-state index contributed by atoms with van der Waals surface area (Å²) in [4.78, 5) is 0.162. The predicted molar refractivity (Wildman–Crippen MR) is 70.8 cm³/mol. The fourth-order valence-electron chi connectivity index (χ4n) is 1.57. The number of aromatic nitrogens is 2. The second kappa shape index (κ2) is 4.29. The Morgan fingerprint density at radius 1 is 1.39 bits per heavy atom. The van der Waals surface area contributed by atoms with Crippen LogP contribution in [0.3, 0.4) is 0 Å². The molecule has 0 radical (unpaired) electrons. The van der Waals surface area contributed by atoms with Crippen LogP contribution in [0.2, 0.25) is 5.02 Å². The van der Waals surface area contributed by atoms with Crippen molar-refractivity contribution in [3.63, 3.8) is 0 Å². The molecular weight excluding hydrogens is 274 g/mol. The van der Waals surface area contributed by atoms with Crippen LogP contribution in [0.25, 0.3) is 5.69 Å². The molecule has 2 N–H and O–H groups in total. The van der Waals surface area contributed by atoms with Crippen LogP contribution in [0.15, 0.2) is 29.4 Å². The van der Waals surface area contributed by atoms with Gasteiger partial charge in [0.05, 0.1) is 22.6 Å². The van der Waals surface area contributed by atoms with Gasteiger partial charge in [-0.3, -0.25) is 0 Å². The molecule has 96 valence electrons. The number of halogens is 1. The van der Waals surface area contributed by atoms with Crippen LogP contribution in [0.5, 0.6) is 0 Å². The number of sulfone groups is 1. The number of rotatable bonds is 2. The van der Waals surface area contributed by atoms with Gasteiger partial charge in [0.1, 0.15) is 4.90 Å². The van der Waals surface area contributed by atoms with Gasteiger partial charge in [-0.25, -0.2) is 13.1 Å². The van der Waals surface area contributed by atoms with Crippen LogP contribution in [0, 0.1) is 6.92 Å². The first-order valence-corrected chi connectivity index (χ1v) is 7.36. The zero-order valence-electron chi connectivity index (χ0n) is 9.88. The first-order valence-electron chi connectivity index (χ1n) is 5.10. The normalized spacial score (nSPS) is 11.7. The van der Waals surface area contributed by atoms with Gasteiger partial charge in [0.2, 0.25) is 0 Å². The lowest BCUT2D eigenvalue weighted by molar-refractivity contribution is 0.602. The van der Waals surface area contributed by atoms with Gasteiger partial charge in [-0.1, -0.05) is 11.6 Å². The number of hydrogen-bond acceptors (Lipinski definition) is 4. The molecule has 0 aliphatic carbocycles. The Kier molecular flexibility index (Phi) is 3.08. The molecule has 2 aromatic rings. The molecule has 0 aliphatic heterocycles. The second-order valence-corrected chi connectivity index (χ2v) is 6.48. The van der Waals surface area contributed by atoms with Gasteiger partial charge < -0.3 is 5.73 Å². The van der Waals surface area contributed by atoms with Gasteiger partial charge >= 0.3 is 0 Å². The van der Waals surface area contributed by atoms with E-state index < -0.39 is 9.84 Å². The first kappa shape index (κ1) is 12.9. The number of aryl methyl sites for hydroxylation is 1. The SMILES string of the molecule is Cc1cc(N)c(Cl)cc1-n1cc(S(C)(=O)=O)cn1. The van der Waals surface area contributed by atoms with Crippen molar-refractivity contribution in [2.75, 3.05) is 12.0 Å². The van der Waals surface area contributed by atoms with Crippen molar-refractivity contribution in [3.8, 4) is 5.69 Å². The third-order valence-corrected chi connectivity index (χ3v) is 3.94. The van der Waals surface area contributed by atoms with Crippen LogP contribution >= 0.6 is 11.6 Å². The molecule has 7 heteroatoms. The van der Waals surface area contributed by atoms with Gasteiger partial charge in [-0.05, 0) is 24.6 Å². The van der Waals surface area contributed by atoms with E-state index in [-0.39, 0.29) is 4.90 Å². The highest BCUT2D eigenvalue weighted by Gasteiger charge is 2.12. The molecule has 0 amide bonds. The van der Waals surface area contributed by atoms with E-state index in [1.165, 1.54) is 17.1 Å². The molecule has 0 aliphatic rings. The molecule has 5 nitrogen and oxygen atoms in total. The van der Waals surface area contributed by atoms with Crippen LogP contribution in [-0.2, 0) is 9.84 Å². The Morgan fingerprint density at radius 3 is 2.61 bits per heavy atom. The van der Waals surface area contributed by atoms with Crippen LogP contribution in [-0.4, -0.2) is 24.5 Å². The maximum absolute atomic E-state index is 11.4. The molecule has 0 saturated heterocycles. The third kappa shape index (κ3) is 2.34. The minimum atomic E-state index is -3.26. The summed E-state index contributed by atoms with van der Waals surface area (Å²) in [6.07, 6.45) is 3.89.